The van der Waals surface area contributed by atoms with Crippen molar-refractivity contribution in [1.82, 2.24) is 9.66 Å². The number of hydrogen-bond acceptors (Lipinski definition) is 3. The first-order valence-electron chi connectivity index (χ1n) is 6.93. The minimum Gasteiger partial charge on any atom is -0.244 e. The van der Waals surface area contributed by atoms with Gasteiger partial charge in [0.2, 0.25) is 0 Å². The highest BCUT2D eigenvalue weighted by atomic mass is 35.5. The van der Waals surface area contributed by atoms with E-state index in [2.05, 4.69) is 23.9 Å². The van der Waals surface area contributed by atoms with Crippen molar-refractivity contribution in [2.75, 3.05) is 0 Å². The number of halogens is 1. The van der Waals surface area contributed by atoms with Crippen LogP contribution < -0.4 is 5.69 Å². The molecule has 2 heterocycles. The fourth-order valence-corrected chi connectivity index (χ4v) is 2.96. The van der Waals surface area contributed by atoms with E-state index >= 15 is 0 Å². The summed E-state index contributed by atoms with van der Waals surface area (Å²) in [6, 6.07) is 5.44. The number of rotatable bonds is 2. The molecular weight excluding hydrogens is 274 g/mol. The minimum atomic E-state index is -0.307. The lowest BCUT2D eigenvalue weighted by Crippen LogP contribution is -2.30. The van der Waals surface area contributed by atoms with Gasteiger partial charge in [-0.2, -0.15) is 14.8 Å². The molecular formula is C15H16ClN3O. The second-order valence-corrected chi connectivity index (χ2v) is 5.52. The Bertz CT molecular complexity index is 764. The smallest absolute Gasteiger partial charge is 0.244 e. The maximum Gasteiger partial charge on any atom is 0.369 e. The van der Waals surface area contributed by atoms with Gasteiger partial charge in [-0.05, 0) is 37.5 Å². The quantitative estimate of drug-likeness (QED) is 0.848. The van der Waals surface area contributed by atoms with Gasteiger partial charge in [-0.3, -0.25) is 0 Å². The fraction of sp³-hybridized carbons (Fsp3) is 0.400. The van der Waals surface area contributed by atoms with E-state index in [0.29, 0.717) is 16.5 Å². The van der Waals surface area contributed by atoms with Crippen molar-refractivity contribution in [2.24, 2.45) is 5.10 Å². The lowest BCUT2D eigenvalue weighted by molar-refractivity contribution is 0.577. The Kier molecular flexibility index (Phi) is 3.34. The van der Waals surface area contributed by atoms with Gasteiger partial charge in [0.15, 0.2) is 0 Å². The Hall–Kier alpha value is -1.68. The molecule has 5 heteroatoms. The molecule has 3 rings (SSSR count). The van der Waals surface area contributed by atoms with Gasteiger partial charge in [0.25, 0.3) is 0 Å². The Labute approximate surface area is 122 Å². The molecule has 4 nitrogen and oxygen atoms in total. The van der Waals surface area contributed by atoms with Crippen molar-refractivity contribution in [3.8, 4) is 0 Å². The van der Waals surface area contributed by atoms with Crippen LogP contribution in [0.4, 0.5) is 0 Å². The molecule has 1 atom stereocenters. The van der Waals surface area contributed by atoms with E-state index in [1.807, 2.05) is 6.07 Å². The van der Waals surface area contributed by atoms with Crippen LogP contribution in [0.15, 0.2) is 28.1 Å². The highest BCUT2D eigenvalue weighted by molar-refractivity contribution is 6.31. The van der Waals surface area contributed by atoms with Crippen molar-refractivity contribution in [1.29, 1.82) is 0 Å². The molecule has 2 aromatic rings. The summed E-state index contributed by atoms with van der Waals surface area (Å²) in [6.45, 7) is 4.20. The first-order chi connectivity index (χ1) is 9.63. The highest BCUT2D eigenvalue weighted by Gasteiger charge is 2.25. The van der Waals surface area contributed by atoms with Gasteiger partial charge < -0.3 is 0 Å². The molecule has 0 saturated carbocycles. The summed E-state index contributed by atoms with van der Waals surface area (Å²) in [5.41, 5.74) is 2.38. The van der Waals surface area contributed by atoms with Crippen LogP contribution in [0, 0.1) is 0 Å². The maximum atomic E-state index is 12.2. The van der Waals surface area contributed by atoms with E-state index in [1.54, 1.807) is 12.1 Å². The van der Waals surface area contributed by atoms with E-state index in [0.717, 1.165) is 36.1 Å². The summed E-state index contributed by atoms with van der Waals surface area (Å²) < 4.78 is 1.47. The topological polar surface area (TPSA) is 47.2 Å². The van der Waals surface area contributed by atoms with Crippen molar-refractivity contribution in [3.63, 3.8) is 0 Å². The third kappa shape index (κ3) is 2.04. The summed E-state index contributed by atoms with van der Waals surface area (Å²) in [7, 11) is 0. The lowest BCUT2D eigenvalue weighted by atomic mass is 9.91. The number of benzene rings is 1. The highest BCUT2D eigenvalue weighted by Crippen LogP contribution is 2.33. The Morgan fingerprint density at radius 2 is 2.20 bits per heavy atom. The van der Waals surface area contributed by atoms with Crippen molar-refractivity contribution in [2.45, 2.75) is 39.0 Å². The van der Waals surface area contributed by atoms with Gasteiger partial charge in [-0.25, -0.2) is 4.79 Å². The van der Waals surface area contributed by atoms with Gasteiger partial charge in [0, 0.05) is 22.0 Å². The molecule has 0 amide bonds. The van der Waals surface area contributed by atoms with Crippen LogP contribution >= 0.6 is 11.6 Å². The average molecular weight is 290 g/mol. The predicted molar refractivity (Wildman–Crippen MR) is 81.8 cm³/mol. The first-order valence-corrected chi connectivity index (χ1v) is 7.30. The van der Waals surface area contributed by atoms with Crippen LogP contribution in [-0.4, -0.2) is 15.4 Å². The summed E-state index contributed by atoms with van der Waals surface area (Å²) >= 11 is 6.10. The molecule has 1 unspecified atom stereocenters. The number of aromatic nitrogens is 2. The second kappa shape index (κ2) is 5.02. The largest absolute Gasteiger partial charge is 0.369 e. The number of nitrogens with zero attached hydrogens (tertiary/aromatic N) is 3. The van der Waals surface area contributed by atoms with E-state index in [9.17, 15) is 4.79 Å². The van der Waals surface area contributed by atoms with Gasteiger partial charge in [-0.15, -0.1) is 0 Å². The molecule has 1 aliphatic heterocycles. The Balaban J connectivity index is 2.40. The molecule has 1 aromatic heterocycles. The second-order valence-electron chi connectivity index (χ2n) is 5.08. The van der Waals surface area contributed by atoms with Crippen molar-refractivity contribution < 1.29 is 0 Å². The molecule has 0 radical (unpaired) electrons. The average Bonchev–Trinajstić information content (AvgIpc) is 2.47. The molecule has 0 bridgehead atoms. The Morgan fingerprint density at radius 1 is 1.40 bits per heavy atom. The van der Waals surface area contributed by atoms with E-state index < -0.39 is 0 Å². The minimum absolute atomic E-state index is 0.291. The summed E-state index contributed by atoms with van der Waals surface area (Å²) in [5.74, 6) is 0.291. The van der Waals surface area contributed by atoms with Crippen LogP contribution in [0.5, 0.6) is 0 Å². The molecule has 20 heavy (non-hydrogen) atoms. The van der Waals surface area contributed by atoms with E-state index in [1.165, 1.54) is 4.68 Å². The Morgan fingerprint density at radius 3 is 2.90 bits per heavy atom. The number of fused-ring (bicyclic) bond motifs is 3. The van der Waals surface area contributed by atoms with Crippen molar-refractivity contribution in [3.05, 3.63) is 39.4 Å². The summed E-state index contributed by atoms with van der Waals surface area (Å²) in [4.78, 5) is 16.3. The maximum absolute atomic E-state index is 12.2. The van der Waals surface area contributed by atoms with Crippen LogP contribution in [0.3, 0.4) is 0 Å². The van der Waals surface area contributed by atoms with Gasteiger partial charge in [-0.1, -0.05) is 25.4 Å². The van der Waals surface area contributed by atoms with Crippen LogP contribution in [0.2, 0.25) is 5.02 Å². The standard InChI is InChI=1S/C15H16ClN3O/c1-3-9-7-11(4-2)18-19-14(9)12-8-10(16)5-6-13(12)17-15(19)20/h5-6,8-9H,3-4,7H2,1-2H3. The molecule has 1 aliphatic rings. The molecule has 0 spiro atoms. The van der Waals surface area contributed by atoms with Gasteiger partial charge in [0.1, 0.15) is 0 Å². The summed E-state index contributed by atoms with van der Waals surface area (Å²) in [6.07, 6.45) is 2.72. The summed E-state index contributed by atoms with van der Waals surface area (Å²) in [5, 5.41) is 6.04. The molecule has 0 aliphatic carbocycles. The third-order valence-electron chi connectivity index (χ3n) is 3.87. The zero-order chi connectivity index (χ0) is 14.3. The SMILES string of the molecule is CCC1=Nn2c(c3cc(Cl)ccc3nc2=O)C(CC)C1. The van der Waals surface area contributed by atoms with Crippen LogP contribution in [-0.2, 0) is 0 Å². The van der Waals surface area contributed by atoms with Crippen molar-refractivity contribution >= 4 is 28.2 Å². The normalized spacial score (nSPS) is 17.9. The molecule has 0 fully saturated rings. The van der Waals surface area contributed by atoms with E-state index in [-0.39, 0.29) is 5.69 Å². The number of hydrogen-bond donors (Lipinski definition) is 0. The van der Waals surface area contributed by atoms with E-state index in [4.69, 9.17) is 11.6 Å². The van der Waals surface area contributed by atoms with Gasteiger partial charge >= 0.3 is 5.69 Å². The van der Waals surface area contributed by atoms with Crippen LogP contribution in [0.25, 0.3) is 10.9 Å². The molecule has 104 valence electrons. The zero-order valence-corrected chi connectivity index (χ0v) is 12.3. The van der Waals surface area contributed by atoms with Gasteiger partial charge in [0.05, 0.1) is 11.2 Å². The third-order valence-corrected chi connectivity index (χ3v) is 4.11. The van der Waals surface area contributed by atoms with Crippen LogP contribution in [0.1, 0.15) is 44.7 Å². The lowest BCUT2D eigenvalue weighted by Gasteiger charge is -2.25. The molecule has 0 N–H and O–H groups in total. The first kappa shape index (κ1) is 13.3. The molecule has 0 saturated heterocycles. The zero-order valence-electron chi connectivity index (χ0n) is 11.6. The fourth-order valence-electron chi connectivity index (χ4n) is 2.78. The molecule has 1 aromatic carbocycles. The monoisotopic (exact) mass is 289 g/mol. The predicted octanol–water partition coefficient (Wildman–Crippen LogP) is 3.56.